The number of carboxylic acid groups (broad SMARTS) is 1. The number of aliphatic hydroxyl groups is 3. The summed E-state index contributed by atoms with van der Waals surface area (Å²) in [7, 11) is 3.22. The summed E-state index contributed by atoms with van der Waals surface area (Å²) in [6.45, 7) is -0.108. The molecule has 1 fully saturated rings. The van der Waals surface area contributed by atoms with E-state index in [0.29, 0.717) is 0 Å². The smallest absolute Gasteiger partial charge is 0.335 e. The molecule has 0 saturated carbocycles. The lowest BCUT2D eigenvalue weighted by Crippen LogP contribution is -2.60. The lowest BCUT2D eigenvalue weighted by Gasteiger charge is -2.38. The van der Waals surface area contributed by atoms with Gasteiger partial charge in [0.15, 0.2) is 6.10 Å². The highest BCUT2D eigenvalue weighted by molar-refractivity contribution is 5.74. The molecular weight excluding hydrogens is 262 g/mol. The molecule has 1 heterocycles. The van der Waals surface area contributed by atoms with Crippen LogP contribution >= 0.6 is 0 Å². The van der Waals surface area contributed by atoms with Gasteiger partial charge in [-0.1, -0.05) is 0 Å². The number of aliphatic carboxylic acids is 1. The first-order valence-electron chi connectivity index (χ1n) is 5.50. The molecule has 0 aromatic heterocycles. The highest BCUT2D eigenvalue weighted by Crippen LogP contribution is 2.22. The molecule has 0 spiro atoms. The largest absolute Gasteiger partial charge is 0.479 e. The third-order valence-electron chi connectivity index (χ3n) is 2.51. The Kier molecular flexibility index (Phi) is 5.20. The normalized spacial score (nSPS) is 35.2. The van der Waals surface area contributed by atoms with Gasteiger partial charge in [0.1, 0.15) is 18.3 Å². The van der Waals surface area contributed by atoms with Crippen LogP contribution in [0.1, 0.15) is 0 Å². The van der Waals surface area contributed by atoms with Crippen molar-refractivity contribution in [2.75, 3.05) is 20.6 Å². The molecule has 0 radical (unpaired) electrons. The van der Waals surface area contributed by atoms with Crippen molar-refractivity contribution in [3.05, 3.63) is 0 Å². The molecule has 1 aliphatic heterocycles. The third-order valence-corrected chi connectivity index (χ3v) is 2.51. The second-order valence-electron chi connectivity index (χ2n) is 4.46. The maximum Gasteiger partial charge on any atom is 0.335 e. The Morgan fingerprint density at radius 2 is 1.74 bits per heavy atom. The van der Waals surface area contributed by atoms with E-state index in [1.165, 1.54) is 4.90 Å². The fourth-order valence-electron chi connectivity index (χ4n) is 1.57. The zero-order chi connectivity index (χ0) is 14.7. The van der Waals surface area contributed by atoms with Gasteiger partial charge in [0.25, 0.3) is 0 Å². The molecule has 0 aromatic carbocycles. The fourth-order valence-corrected chi connectivity index (χ4v) is 1.57. The average molecular weight is 279 g/mol. The Bertz CT molecular complexity index is 346. The third kappa shape index (κ3) is 3.85. The van der Waals surface area contributed by atoms with E-state index in [0.717, 1.165) is 0 Å². The minimum atomic E-state index is -1.81. The summed E-state index contributed by atoms with van der Waals surface area (Å²) in [6.07, 6.45) is -8.75. The maximum absolute atomic E-state index is 11.4. The van der Waals surface area contributed by atoms with Gasteiger partial charge in [-0.25, -0.2) is 4.79 Å². The van der Waals surface area contributed by atoms with Gasteiger partial charge in [-0.05, 0) is 14.1 Å². The number of nitrogens with zero attached hydrogens (tertiary/aromatic N) is 1. The molecule has 19 heavy (non-hydrogen) atoms. The monoisotopic (exact) mass is 279 g/mol. The van der Waals surface area contributed by atoms with E-state index in [1.807, 2.05) is 0 Å². The second kappa shape index (κ2) is 6.26. The van der Waals surface area contributed by atoms with Gasteiger partial charge in [0.2, 0.25) is 6.29 Å². The summed E-state index contributed by atoms with van der Waals surface area (Å²) >= 11 is 0. The number of carbonyl (C=O) groups excluding carboxylic acids is 1. The number of hydrogen-bond acceptors (Lipinski definition) is 8. The number of aliphatic hydroxyl groups excluding tert-OH is 3. The highest BCUT2D eigenvalue weighted by Gasteiger charge is 2.48. The van der Waals surface area contributed by atoms with Crippen molar-refractivity contribution in [2.45, 2.75) is 30.7 Å². The Balaban J connectivity index is 2.72. The van der Waals surface area contributed by atoms with Crippen LogP contribution in [0.25, 0.3) is 0 Å². The molecule has 9 heteroatoms. The van der Waals surface area contributed by atoms with Crippen LogP contribution in [0.3, 0.4) is 0 Å². The molecule has 5 atom stereocenters. The predicted octanol–water partition coefficient (Wildman–Crippen LogP) is -3.02. The standard InChI is InChI=1S/C10H17NO8/c1-11(2)3-4(12)18-10-7(15)5(13)6(14)8(19-10)9(16)17/h5-8,10,13-15H,3H2,1-2H3,(H,16,17). The lowest BCUT2D eigenvalue weighted by molar-refractivity contribution is -0.286. The van der Waals surface area contributed by atoms with Crippen molar-refractivity contribution in [2.24, 2.45) is 0 Å². The van der Waals surface area contributed by atoms with Crippen molar-refractivity contribution in [1.82, 2.24) is 4.90 Å². The van der Waals surface area contributed by atoms with Gasteiger partial charge in [-0.2, -0.15) is 0 Å². The number of hydrogen-bond donors (Lipinski definition) is 4. The first kappa shape index (κ1) is 15.8. The fraction of sp³-hybridized carbons (Fsp3) is 0.800. The molecule has 0 bridgehead atoms. The van der Waals surface area contributed by atoms with E-state index in [4.69, 9.17) is 14.6 Å². The molecule has 5 unspecified atom stereocenters. The number of ether oxygens (including phenoxy) is 2. The Labute approximate surface area is 109 Å². The molecule has 1 rings (SSSR count). The maximum atomic E-state index is 11.4. The molecule has 1 saturated heterocycles. The zero-order valence-electron chi connectivity index (χ0n) is 10.5. The van der Waals surface area contributed by atoms with Crippen LogP contribution in [0.4, 0.5) is 0 Å². The van der Waals surface area contributed by atoms with Gasteiger partial charge in [-0.3, -0.25) is 9.69 Å². The van der Waals surface area contributed by atoms with Gasteiger partial charge < -0.3 is 29.9 Å². The first-order valence-corrected chi connectivity index (χ1v) is 5.50. The Morgan fingerprint density at radius 3 is 2.21 bits per heavy atom. The topological polar surface area (TPSA) is 137 Å². The summed E-state index contributed by atoms with van der Waals surface area (Å²) in [6, 6.07) is 0. The van der Waals surface area contributed by atoms with Gasteiger partial charge >= 0.3 is 11.9 Å². The van der Waals surface area contributed by atoms with Crippen LogP contribution in [0.2, 0.25) is 0 Å². The number of esters is 1. The van der Waals surface area contributed by atoms with Gasteiger partial charge in [0, 0.05) is 0 Å². The summed E-state index contributed by atoms with van der Waals surface area (Å²) in [5, 5.41) is 37.3. The number of carbonyl (C=O) groups is 2. The van der Waals surface area contributed by atoms with Gasteiger partial charge in [-0.15, -0.1) is 0 Å². The summed E-state index contributed by atoms with van der Waals surface area (Å²) < 4.78 is 9.50. The summed E-state index contributed by atoms with van der Waals surface area (Å²) in [4.78, 5) is 23.7. The van der Waals surface area contributed by atoms with E-state index in [1.54, 1.807) is 14.1 Å². The minimum absolute atomic E-state index is 0.108. The Hall–Kier alpha value is -1.26. The molecular formula is C10H17NO8. The molecule has 0 aromatic rings. The van der Waals surface area contributed by atoms with Crippen molar-refractivity contribution < 1.29 is 39.5 Å². The van der Waals surface area contributed by atoms with Gasteiger partial charge in [0.05, 0.1) is 6.54 Å². The predicted molar refractivity (Wildman–Crippen MR) is 59.0 cm³/mol. The molecule has 110 valence electrons. The van der Waals surface area contributed by atoms with Crippen LogP contribution in [0.5, 0.6) is 0 Å². The van der Waals surface area contributed by atoms with E-state index < -0.39 is 42.6 Å². The molecule has 0 amide bonds. The molecule has 9 nitrogen and oxygen atoms in total. The molecule has 4 N–H and O–H groups in total. The van der Waals surface area contributed by atoms with Crippen molar-refractivity contribution in [3.8, 4) is 0 Å². The van der Waals surface area contributed by atoms with E-state index in [2.05, 4.69) is 0 Å². The van der Waals surface area contributed by atoms with Crippen LogP contribution < -0.4 is 0 Å². The quantitative estimate of drug-likeness (QED) is 0.396. The number of likely N-dealkylation sites (N-methyl/N-ethyl adjacent to an activating group) is 1. The van der Waals surface area contributed by atoms with Crippen molar-refractivity contribution in [1.29, 1.82) is 0 Å². The van der Waals surface area contributed by atoms with Crippen LogP contribution in [-0.2, 0) is 19.1 Å². The summed E-state index contributed by atoms with van der Waals surface area (Å²) in [5.74, 6) is -2.30. The van der Waals surface area contributed by atoms with Crippen LogP contribution in [0.15, 0.2) is 0 Å². The number of carboxylic acids is 1. The van der Waals surface area contributed by atoms with Crippen LogP contribution in [0, 0.1) is 0 Å². The lowest BCUT2D eigenvalue weighted by atomic mass is 9.99. The minimum Gasteiger partial charge on any atom is -0.479 e. The molecule has 1 aliphatic rings. The second-order valence-corrected chi connectivity index (χ2v) is 4.46. The van der Waals surface area contributed by atoms with Crippen molar-refractivity contribution >= 4 is 11.9 Å². The van der Waals surface area contributed by atoms with E-state index in [9.17, 15) is 24.9 Å². The SMILES string of the molecule is CN(C)CC(=O)OC1OC(C(=O)O)C(O)C(O)C1O. The summed E-state index contributed by atoms with van der Waals surface area (Å²) in [5.41, 5.74) is 0. The molecule has 0 aliphatic carbocycles. The first-order chi connectivity index (χ1) is 8.73. The van der Waals surface area contributed by atoms with Crippen molar-refractivity contribution in [3.63, 3.8) is 0 Å². The van der Waals surface area contributed by atoms with E-state index in [-0.39, 0.29) is 6.54 Å². The zero-order valence-corrected chi connectivity index (χ0v) is 10.5. The van der Waals surface area contributed by atoms with E-state index >= 15 is 0 Å². The Morgan fingerprint density at radius 1 is 1.16 bits per heavy atom. The van der Waals surface area contributed by atoms with Crippen LogP contribution in [-0.4, -0.2) is 88.6 Å². The number of rotatable bonds is 4. The highest BCUT2D eigenvalue weighted by atomic mass is 16.7. The average Bonchev–Trinajstić information content (AvgIpc) is 2.28.